The molecule has 2 aromatic rings. The zero-order chi connectivity index (χ0) is 23.0. The standard InChI is InChI=1S/C12H19N4O12P3/c13-12-14-10-9(11(17)15-12)3-4-16(10)5-7-1-2-8(26-7)6-25-30(21,22)28-31(23,24)27-29(18,19)20/h3-4,7-8H,1-2,5-6H2,(H,21,22)(H,23,24)(H2,18,19,20)(H3,13,14,15,17)/t7-,8+/m1/s1. The fourth-order valence-corrected chi connectivity index (χ4v) is 6.03. The van der Waals surface area contributed by atoms with Crippen LogP contribution in [0.4, 0.5) is 5.95 Å². The summed E-state index contributed by atoms with van der Waals surface area (Å²) in [6, 6.07) is 1.57. The van der Waals surface area contributed by atoms with Crippen LogP contribution in [-0.2, 0) is 38.1 Å². The zero-order valence-electron chi connectivity index (χ0n) is 15.5. The number of hydrogen-bond donors (Lipinski definition) is 6. The monoisotopic (exact) mass is 504 g/mol. The van der Waals surface area contributed by atoms with Crippen LogP contribution in [0.15, 0.2) is 17.1 Å². The van der Waals surface area contributed by atoms with E-state index in [2.05, 4.69) is 23.1 Å². The third kappa shape index (κ3) is 6.78. The molecule has 2 aromatic heterocycles. The summed E-state index contributed by atoms with van der Waals surface area (Å²) in [6.45, 7) is -0.220. The van der Waals surface area contributed by atoms with Crippen LogP contribution >= 0.6 is 23.5 Å². The normalized spacial score (nSPS) is 23.6. The average Bonchev–Trinajstić information content (AvgIpc) is 3.18. The van der Waals surface area contributed by atoms with Crippen LogP contribution in [0.5, 0.6) is 0 Å². The molecule has 19 heteroatoms. The van der Waals surface area contributed by atoms with Crippen molar-refractivity contribution in [3.05, 3.63) is 22.6 Å². The van der Waals surface area contributed by atoms with Crippen LogP contribution in [0.2, 0.25) is 0 Å². The number of rotatable bonds is 9. The van der Waals surface area contributed by atoms with E-state index in [9.17, 15) is 23.4 Å². The molecule has 1 aliphatic rings. The Morgan fingerprint density at radius 2 is 1.84 bits per heavy atom. The topological polar surface area (TPSA) is 246 Å². The van der Waals surface area contributed by atoms with Gasteiger partial charge in [-0.15, -0.1) is 0 Å². The van der Waals surface area contributed by atoms with E-state index in [1.807, 2.05) is 0 Å². The van der Waals surface area contributed by atoms with Crippen molar-refractivity contribution in [2.24, 2.45) is 0 Å². The first-order valence-corrected chi connectivity index (χ1v) is 13.0. The summed E-state index contributed by atoms with van der Waals surface area (Å²) in [6.07, 6.45) is 1.50. The van der Waals surface area contributed by atoms with Gasteiger partial charge < -0.3 is 34.6 Å². The molecule has 1 saturated heterocycles. The number of nitrogens with one attached hydrogen (secondary N) is 1. The highest BCUT2D eigenvalue weighted by Crippen LogP contribution is 2.66. The largest absolute Gasteiger partial charge is 0.490 e. The second-order valence-electron chi connectivity index (χ2n) is 6.50. The minimum absolute atomic E-state index is 0.0429. The number of hydrogen-bond acceptors (Lipinski definition) is 10. The minimum Gasteiger partial charge on any atom is -0.371 e. The summed E-state index contributed by atoms with van der Waals surface area (Å²) in [5, 5.41) is 0.344. The number of aromatic nitrogens is 3. The number of fused-ring (bicyclic) bond motifs is 1. The maximum atomic E-state index is 11.9. The summed E-state index contributed by atoms with van der Waals surface area (Å²) < 4.78 is 52.9. The number of nitrogens with zero attached hydrogens (tertiary/aromatic N) is 2. The molecule has 0 aromatic carbocycles. The summed E-state index contributed by atoms with van der Waals surface area (Å²) in [4.78, 5) is 53.9. The van der Waals surface area contributed by atoms with Crippen molar-refractivity contribution in [2.75, 3.05) is 12.3 Å². The second kappa shape index (κ2) is 8.85. The highest BCUT2D eigenvalue weighted by molar-refractivity contribution is 7.66. The molecule has 0 aliphatic carbocycles. The van der Waals surface area contributed by atoms with Gasteiger partial charge in [0.1, 0.15) is 5.65 Å². The van der Waals surface area contributed by atoms with Crippen LogP contribution < -0.4 is 11.3 Å². The van der Waals surface area contributed by atoms with Crippen LogP contribution in [0.1, 0.15) is 12.8 Å². The Kier molecular flexibility index (Phi) is 6.92. The first-order chi connectivity index (χ1) is 14.2. The van der Waals surface area contributed by atoms with E-state index in [1.165, 1.54) is 0 Å². The van der Waals surface area contributed by atoms with Crippen molar-refractivity contribution in [3.8, 4) is 0 Å². The molecule has 0 bridgehead atoms. The Hall–Kier alpha value is -1.41. The third-order valence-corrected chi connectivity index (χ3v) is 7.88. The van der Waals surface area contributed by atoms with Crippen LogP contribution in [0, 0.1) is 0 Å². The fraction of sp³-hybridized carbons (Fsp3) is 0.500. The first-order valence-electron chi connectivity index (χ1n) is 8.51. The number of nitrogen functional groups attached to an aromatic ring is 1. The Labute approximate surface area is 173 Å². The number of nitrogens with two attached hydrogens (primary N) is 1. The van der Waals surface area contributed by atoms with E-state index in [1.54, 1.807) is 16.8 Å². The van der Waals surface area contributed by atoms with Gasteiger partial charge >= 0.3 is 23.5 Å². The van der Waals surface area contributed by atoms with Crippen molar-refractivity contribution in [1.29, 1.82) is 0 Å². The maximum Gasteiger partial charge on any atom is 0.490 e. The van der Waals surface area contributed by atoms with E-state index in [4.69, 9.17) is 25.2 Å². The van der Waals surface area contributed by atoms with Crippen molar-refractivity contribution in [3.63, 3.8) is 0 Å². The van der Waals surface area contributed by atoms with Gasteiger partial charge in [0.25, 0.3) is 5.56 Å². The summed E-state index contributed by atoms with van der Waals surface area (Å²) in [5.41, 5.74) is 5.54. The minimum atomic E-state index is -5.57. The second-order valence-corrected chi connectivity index (χ2v) is 10.9. The third-order valence-electron chi connectivity index (χ3n) is 4.08. The lowest BCUT2D eigenvalue weighted by atomic mass is 10.2. The number of ether oxygens (including phenoxy) is 1. The molecule has 16 nitrogen and oxygen atoms in total. The molecular weight excluding hydrogens is 485 g/mol. The smallest absolute Gasteiger partial charge is 0.371 e. The van der Waals surface area contributed by atoms with Gasteiger partial charge in [0.2, 0.25) is 5.95 Å². The molecule has 174 valence electrons. The van der Waals surface area contributed by atoms with E-state index in [-0.39, 0.29) is 17.6 Å². The molecule has 31 heavy (non-hydrogen) atoms. The Balaban J connectivity index is 1.55. The van der Waals surface area contributed by atoms with Gasteiger partial charge in [-0.2, -0.15) is 13.6 Å². The van der Waals surface area contributed by atoms with Crippen molar-refractivity contribution < 1.29 is 51.2 Å². The lowest BCUT2D eigenvalue weighted by molar-refractivity contribution is 0.00477. The highest BCUT2D eigenvalue weighted by atomic mass is 31.3. The van der Waals surface area contributed by atoms with Crippen molar-refractivity contribution >= 4 is 40.4 Å². The Morgan fingerprint density at radius 1 is 1.16 bits per heavy atom. The molecule has 2 unspecified atom stereocenters. The molecule has 0 amide bonds. The summed E-state index contributed by atoms with van der Waals surface area (Å²) >= 11 is 0. The number of anilines is 1. The van der Waals surface area contributed by atoms with E-state index >= 15 is 0 Å². The predicted molar refractivity (Wildman–Crippen MR) is 102 cm³/mol. The highest BCUT2D eigenvalue weighted by Gasteiger charge is 2.41. The predicted octanol–water partition coefficient (Wildman–Crippen LogP) is 0.198. The number of phosphoric ester groups is 1. The van der Waals surface area contributed by atoms with Gasteiger partial charge in [0.15, 0.2) is 0 Å². The number of aromatic amines is 1. The lowest BCUT2D eigenvalue weighted by Crippen LogP contribution is -2.20. The molecule has 0 spiro atoms. The van der Waals surface area contributed by atoms with Crippen molar-refractivity contribution in [1.82, 2.24) is 14.5 Å². The van der Waals surface area contributed by atoms with Gasteiger partial charge in [0.05, 0.1) is 30.7 Å². The van der Waals surface area contributed by atoms with E-state index < -0.39 is 36.2 Å². The SMILES string of the molecule is Nc1nc2c(ccn2C[C@H]2CC[C@@H](COP(=O)(O)OP(=O)(O)OP(=O)(O)O)O2)c(=O)[nH]1. The quantitative estimate of drug-likeness (QED) is 0.250. The summed E-state index contributed by atoms with van der Waals surface area (Å²) in [5.74, 6) is -0.0429. The molecule has 1 aliphatic heterocycles. The van der Waals surface area contributed by atoms with Crippen LogP contribution in [0.3, 0.4) is 0 Å². The van der Waals surface area contributed by atoms with Gasteiger partial charge in [-0.05, 0) is 18.9 Å². The van der Waals surface area contributed by atoms with Gasteiger partial charge in [-0.3, -0.25) is 14.3 Å². The van der Waals surface area contributed by atoms with Crippen molar-refractivity contribution in [2.45, 2.75) is 31.6 Å². The zero-order valence-corrected chi connectivity index (χ0v) is 18.2. The first kappa shape index (κ1) is 24.2. The molecular formula is C12H19N4O12P3. The average molecular weight is 504 g/mol. The number of phosphoric acid groups is 3. The van der Waals surface area contributed by atoms with Crippen LogP contribution in [-0.4, -0.2) is 52.9 Å². The van der Waals surface area contributed by atoms with Gasteiger partial charge in [-0.1, -0.05) is 0 Å². The fourth-order valence-electron chi connectivity index (χ4n) is 2.98. The maximum absolute atomic E-state index is 11.9. The molecule has 1 fully saturated rings. The number of H-pyrrole nitrogens is 1. The Morgan fingerprint density at radius 3 is 2.52 bits per heavy atom. The molecule has 4 atom stereocenters. The molecule has 3 rings (SSSR count). The lowest BCUT2D eigenvalue weighted by Gasteiger charge is -2.18. The molecule has 0 saturated carbocycles. The Bertz CT molecular complexity index is 1160. The van der Waals surface area contributed by atoms with E-state index in [0.717, 1.165) is 0 Å². The van der Waals surface area contributed by atoms with Gasteiger partial charge in [0, 0.05) is 6.20 Å². The molecule has 3 heterocycles. The van der Waals surface area contributed by atoms with Gasteiger partial charge in [-0.25, -0.2) is 13.7 Å². The van der Waals surface area contributed by atoms with Crippen LogP contribution in [0.25, 0.3) is 11.0 Å². The summed E-state index contributed by atoms with van der Waals surface area (Å²) in [7, 11) is -16.2. The van der Waals surface area contributed by atoms with E-state index in [0.29, 0.717) is 30.4 Å². The molecule has 0 radical (unpaired) electrons. The molecule has 7 N–H and O–H groups in total.